The van der Waals surface area contributed by atoms with Gasteiger partial charge in [-0.2, -0.15) is 0 Å². The Hall–Kier alpha value is -2.99. The normalized spacial score (nSPS) is 30.4. The van der Waals surface area contributed by atoms with Gasteiger partial charge in [-0.1, -0.05) is 12.6 Å². The molecular formula is C28H27NO4S. The van der Waals surface area contributed by atoms with Crippen molar-refractivity contribution in [3.8, 4) is 17.4 Å². The highest BCUT2D eigenvalue weighted by atomic mass is 32.1. The van der Waals surface area contributed by atoms with Gasteiger partial charge in [-0.25, -0.2) is 4.79 Å². The Bertz CT molecular complexity index is 1350. The number of hydrogen-bond acceptors (Lipinski definition) is 5. The molecule has 2 N–H and O–H groups in total. The summed E-state index contributed by atoms with van der Waals surface area (Å²) in [5, 5.41) is 25.6. The molecule has 6 heteroatoms. The first-order valence-corrected chi connectivity index (χ1v) is 13.0. The number of carbonyl (C=O) groups is 1. The summed E-state index contributed by atoms with van der Waals surface area (Å²) in [7, 11) is 1.34. The number of aromatic hydroxyl groups is 2. The van der Waals surface area contributed by atoms with E-state index < -0.39 is 5.97 Å². The van der Waals surface area contributed by atoms with E-state index in [0.717, 1.165) is 28.5 Å². The quantitative estimate of drug-likeness (QED) is 0.458. The molecule has 0 aliphatic heterocycles. The van der Waals surface area contributed by atoms with Gasteiger partial charge in [-0.15, -0.1) is 11.3 Å². The third-order valence-electron chi connectivity index (χ3n) is 9.15. The van der Waals surface area contributed by atoms with Gasteiger partial charge in [0.15, 0.2) is 0 Å². The molecule has 174 valence electrons. The zero-order chi connectivity index (χ0) is 23.4. The average Bonchev–Trinajstić information content (AvgIpc) is 3.42. The molecule has 2 aromatic heterocycles. The van der Waals surface area contributed by atoms with E-state index in [-0.39, 0.29) is 17.2 Å². The summed E-state index contributed by atoms with van der Waals surface area (Å²) in [5.74, 6) is 2.07. The molecule has 0 atom stereocenters. The molecule has 4 bridgehead atoms. The predicted molar refractivity (Wildman–Crippen MR) is 131 cm³/mol. The van der Waals surface area contributed by atoms with Gasteiger partial charge < -0.3 is 14.9 Å². The molecular weight excluding hydrogens is 446 g/mol. The molecule has 0 radical (unpaired) electrons. The summed E-state index contributed by atoms with van der Waals surface area (Å²) in [6.45, 7) is 4.38. The fourth-order valence-electron chi connectivity index (χ4n) is 8.18. The molecule has 1 spiro atoms. The number of methoxy groups -OCH3 is 1. The molecule has 5 nitrogen and oxygen atoms in total. The zero-order valence-electron chi connectivity index (χ0n) is 19.1. The number of thiophene rings is 1. The molecule has 1 aromatic carbocycles. The topological polar surface area (TPSA) is 71.7 Å². The van der Waals surface area contributed by atoms with Gasteiger partial charge in [-0.3, -0.25) is 4.57 Å². The van der Waals surface area contributed by atoms with Crippen LogP contribution in [0.5, 0.6) is 11.8 Å². The lowest BCUT2D eigenvalue weighted by Crippen LogP contribution is -2.56. The number of nitrogens with zero attached hydrogens (tertiary/aromatic N) is 1. The van der Waals surface area contributed by atoms with Crippen LogP contribution in [0.3, 0.4) is 0 Å². The maximum atomic E-state index is 12.2. The summed E-state index contributed by atoms with van der Waals surface area (Å²) in [6.07, 6.45) is 6.07. The molecule has 0 unspecified atom stereocenters. The number of rotatable bonds is 2. The first kappa shape index (κ1) is 20.4. The molecule has 2 heterocycles. The number of aromatic nitrogens is 1. The first-order valence-electron chi connectivity index (χ1n) is 12.1. The largest absolute Gasteiger partial charge is 0.494 e. The van der Waals surface area contributed by atoms with Crippen molar-refractivity contribution in [1.29, 1.82) is 0 Å². The highest BCUT2D eigenvalue weighted by Crippen LogP contribution is 2.71. The summed E-state index contributed by atoms with van der Waals surface area (Å²) in [5.41, 5.74) is 4.00. The second kappa shape index (κ2) is 6.79. The molecule has 4 fully saturated rings. The van der Waals surface area contributed by atoms with Crippen molar-refractivity contribution in [2.24, 2.45) is 23.7 Å². The molecule has 34 heavy (non-hydrogen) atoms. The Morgan fingerprint density at radius 2 is 1.79 bits per heavy atom. The minimum atomic E-state index is -0.457. The van der Waals surface area contributed by atoms with Crippen molar-refractivity contribution in [1.82, 2.24) is 4.57 Å². The van der Waals surface area contributed by atoms with Crippen molar-refractivity contribution in [2.75, 3.05) is 7.11 Å². The molecule has 5 aliphatic rings. The van der Waals surface area contributed by atoms with Crippen LogP contribution < -0.4 is 0 Å². The van der Waals surface area contributed by atoms with Crippen LogP contribution in [0.1, 0.15) is 64.0 Å². The summed E-state index contributed by atoms with van der Waals surface area (Å²) in [4.78, 5) is 13.5. The second-order valence-electron chi connectivity index (χ2n) is 10.6. The second-order valence-corrected chi connectivity index (χ2v) is 11.5. The van der Waals surface area contributed by atoms with Crippen LogP contribution in [0.25, 0.3) is 11.3 Å². The average molecular weight is 474 g/mol. The third-order valence-corrected chi connectivity index (χ3v) is 10.2. The third kappa shape index (κ3) is 2.32. The minimum Gasteiger partial charge on any atom is -0.494 e. The maximum Gasteiger partial charge on any atom is 0.337 e. The van der Waals surface area contributed by atoms with Crippen LogP contribution in [0, 0.1) is 23.7 Å². The van der Waals surface area contributed by atoms with Crippen molar-refractivity contribution in [2.45, 2.75) is 37.5 Å². The van der Waals surface area contributed by atoms with Crippen molar-refractivity contribution < 1.29 is 19.7 Å². The van der Waals surface area contributed by atoms with E-state index in [1.165, 1.54) is 48.7 Å². The molecule has 4 saturated carbocycles. The van der Waals surface area contributed by atoms with Crippen LogP contribution >= 0.6 is 11.3 Å². The Labute approximate surface area is 202 Å². The lowest BCUT2D eigenvalue weighted by Gasteiger charge is -2.62. The molecule has 0 amide bonds. The van der Waals surface area contributed by atoms with Gasteiger partial charge in [0.2, 0.25) is 11.8 Å². The van der Waals surface area contributed by atoms with E-state index in [4.69, 9.17) is 4.74 Å². The van der Waals surface area contributed by atoms with Gasteiger partial charge in [0.25, 0.3) is 0 Å². The van der Waals surface area contributed by atoms with Crippen molar-refractivity contribution >= 4 is 22.9 Å². The van der Waals surface area contributed by atoms with Crippen molar-refractivity contribution in [3.05, 3.63) is 69.4 Å². The van der Waals surface area contributed by atoms with Crippen molar-refractivity contribution in [3.63, 3.8) is 0 Å². The van der Waals surface area contributed by atoms with Gasteiger partial charge in [0.05, 0.1) is 23.9 Å². The van der Waals surface area contributed by atoms with Crippen LogP contribution in [0.15, 0.2) is 42.3 Å². The zero-order valence-corrected chi connectivity index (χ0v) is 19.9. The van der Waals surface area contributed by atoms with E-state index in [1.54, 1.807) is 35.6 Å². The summed E-state index contributed by atoms with van der Waals surface area (Å²) >= 11 is 1.78. The highest BCUT2D eigenvalue weighted by Gasteiger charge is 2.63. The SMILES string of the molecule is C=C1c2ccsc2C2(c3c1c(O)n(-c1cccc(C(=O)OC)c1)c3O)C1CC3CC(C1)CC2C3. The van der Waals surface area contributed by atoms with Gasteiger partial charge >= 0.3 is 5.97 Å². The number of hydrogen-bond donors (Lipinski definition) is 2. The molecule has 8 rings (SSSR count). The Morgan fingerprint density at radius 3 is 2.47 bits per heavy atom. The first-order chi connectivity index (χ1) is 16.4. The summed E-state index contributed by atoms with van der Waals surface area (Å²) < 4.78 is 6.38. The lowest BCUT2D eigenvalue weighted by molar-refractivity contribution is -0.0417. The fraction of sp³-hybridized carbons (Fsp3) is 0.393. The predicted octanol–water partition coefficient (Wildman–Crippen LogP) is 5.85. The number of esters is 1. The van der Waals surface area contributed by atoms with E-state index in [1.807, 2.05) is 0 Å². The highest BCUT2D eigenvalue weighted by molar-refractivity contribution is 7.10. The van der Waals surface area contributed by atoms with Crippen LogP contribution in [-0.4, -0.2) is 27.9 Å². The van der Waals surface area contributed by atoms with Crippen LogP contribution in [0.2, 0.25) is 0 Å². The standard InChI is InChI=1S/C28H27NO4S/c1-14-21-6-7-34-24(21)28(18-9-15-8-16(11-18)12-19(28)10-15)23-22(14)25(30)29(26(23)31)20-5-3-4-17(13-20)27(32)33-2/h3-7,13,15-16,18-19,30-31H,1,8-12H2,2H3. The summed E-state index contributed by atoms with van der Waals surface area (Å²) in [6, 6.07) is 8.98. The number of carbonyl (C=O) groups excluding carboxylic acids is 1. The fourth-order valence-corrected chi connectivity index (χ4v) is 9.47. The Kier molecular flexibility index (Phi) is 4.07. The Morgan fingerprint density at radius 1 is 1.09 bits per heavy atom. The number of benzene rings is 1. The van der Waals surface area contributed by atoms with E-state index in [9.17, 15) is 15.0 Å². The molecule has 0 saturated heterocycles. The molecule has 3 aromatic rings. The number of ether oxygens (including phenoxy) is 1. The van der Waals surface area contributed by atoms with Gasteiger partial charge in [0.1, 0.15) is 0 Å². The maximum absolute atomic E-state index is 12.2. The van der Waals surface area contributed by atoms with Gasteiger partial charge in [0, 0.05) is 15.9 Å². The lowest BCUT2D eigenvalue weighted by atomic mass is 9.42. The Balaban J connectivity index is 1.51. The van der Waals surface area contributed by atoms with E-state index in [2.05, 4.69) is 18.0 Å². The van der Waals surface area contributed by atoms with E-state index in [0.29, 0.717) is 28.7 Å². The van der Waals surface area contributed by atoms with E-state index >= 15 is 0 Å². The minimum absolute atomic E-state index is 0.00968. The smallest absolute Gasteiger partial charge is 0.337 e. The molecule has 5 aliphatic carbocycles. The van der Waals surface area contributed by atoms with Crippen LogP contribution in [0.4, 0.5) is 0 Å². The van der Waals surface area contributed by atoms with Crippen LogP contribution in [-0.2, 0) is 10.2 Å². The monoisotopic (exact) mass is 473 g/mol. The van der Waals surface area contributed by atoms with Gasteiger partial charge in [-0.05, 0) is 96.6 Å². The number of fused-ring (bicyclic) bond motifs is 2.